The van der Waals surface area contributed by atoms with Crippen molar-refractivity contribution in [2.24, 2.45) is 0 Å². The SMILES string of the molecule is CCCCCn1nc(C(=O)NNC(=O)CN(C)C(=O)c2ccco2)c2ccccc2c1=O. The van der Waals surface area contributed by atoms with Crippen molar-refractivity contribution in [1.82, 2.24) is 25.5 Å². The Balaban J connectivity index is 1.70. The van der Waals surface area contributed by atoms with E-state index in [4.69, 9.17) is 4.42 Å². The zero-order valence-corrected chi connectivity index (χ0v) is 18.0. The molecule has 0 aliphatic carbocycles. The van der Waals surface area contributed by atoms with Gasteiger partial charge >= 0.3 is 0 Å². The Labute approximate surface area is 184 Å². The fraction of sp³-hybridized carbons (Fsp3) is 0.318. The van der Waals surface area contributed by atoms with Crippen LogP contribution < -0.4 is 16.4 Å². The normalized spacial score (nSPS) is 10.7. The summed E-state index contributed by atoms with van der Waals surface area (Å²) in [6.45, 7) is 2.14. The zero-order chi connectivity index (χ0) is 23.1. The number of furan rings is 1. The third-order valence-electron chi connectivity index (χ3n) is 4.83. The minimum atomic E-state index is -0.668. The molecule has 0 saturated carbocycles. The molecule has 3 amide bonds. The molecule has 0 unspecified atom stereocenters. The van der Waals surface area contributed by atoms with E-state index >= 15 is 0 Å². The highest BCUT2D eigenvalue weighted by molar-refractivity contribution is 6.05. The van der Waals surface area contributed by atoms with Gasteiger partial charge in [0.25, 0.3) is 23.3 Å². The summed E-state index contributed by atoms with van der Waals surface area (Å²) in [7, 11) is 1.44. The minimum absolute atomic E-state index is 0.0250. The molecule has 2 heterocycles. The van der Waals surface area contributed by atoms with E-state index < -0.39 is 17.7 Å². The molecule has 0 fully saturated rings. The van der Waals surface area contributed by atoms with Gasteiger partial charge in [-0.1, -0.05) is 38.0 Å². The topological polar surface area (TPSA) is 127 Å². The van der Waals surface area contributed by atoms with Crippen molar-refractivity contribution in [3.63, 3.8) is 0 Å². The van der Waals surface area contributed by atoms with Crippen molar-refractivity contribution < 1.29 is 18.8 Å². The molecule has 168 valence electrons. The van der Waals surface area contributed by atoms with E-state index in [1.165, 1.54) is 24.1 Å². The van der Waals surface area contributed by atoms with Gasteiger partial charge in [0.2, 0.25) is 0 Å². The molecule has 3 rings (SSSR count). The molecule has 10 heteroatoms. The maximum atomic E-state index is 12.8. The first-order chi connectivity index (χ1) is 15.4. The lowest BCUT2D eigenvalue weighted by Gasteiger charge is -2.16. The van der Waals surface area contributed by atoms with Crippen molar-refractivity contribution in [2.75, 3.05) is 13.6 Å². The third-order valence-corrected chi connectivity index (χ3v) is 4.83. The summed E-state index contributed by atoms with van der Waals surface area (Å²) in [5.41, 5.74) is 4.34. The largest absolute Gasteiger partial charge is 0.459 e. The van der Waals surface area contributed by atoms with Gasteiger partial charge in [-0.05, 0) is 24.6 Å². The molecular formula is C22H25N5O5. The van der Waals surface area contributed by atoms with Crippen LogP contribution in [0, 0.1) is 0 Å². The Morgan fingerprint density at radius 2 is 1.81 bits per heavy atom. The predicted molar refractivity (Wildman–Crippen MR) is 117 cm³/mol. The Kier molecular flexibility index (Phi) is 7.37. The van der Waals surface area contributed by atoms with Crippen molar-refractivity contribution in [3.8, 4) is 0 Å². The molecule has 0 aliphatic heterocycles. The second-order valence-electron chi connectivity index (χ2n) is 7.27. The predicted octanol–water partition coefficient (Wildman–Crippen LogP) is 1.71. The van der Waals surface area contributed by atoms with Crippen LogP contribution >= 0.6 is 0 Å². The first kappa shape index (κ1) is 22.7. The number of hydrogen-bond donors (Lipinski definition) is 2. The van der Waals surface area contributed by atoms with Gasteiger partial charge in [-0.3, -0.25) is 30.0 Å². The van der Waals surface area contributed by atoms with E-state index in [1.807, 2.05) is 0 Å². The highest BCUT2D eigenvalue weighted by atomic mass is 16.3. The third kappa shape index (κ3) is 5.20. The van der Waals surface area contributed by atoms with Crippen LogP contribution in [-0.4, -0.2) is 46.0 Å². The van der Waals surface area contributed by atoms with Crippen LogP contribution in [0.1, 0.15) is 47.2 Å². The first-order valence-electron chi connectivity index (χ1n) is 10.3. The summed E-state index contributed by atoms with van der Waals surface area (Å²) in [5.74, 6) is -1.64. The van der Waals surface area contributed by atoms with Gasteiger partial charge in [-0.25, -0.2) is 4.68 Å². The lowest BCUT2D eigenvalue weighted by atomic mass is 10.1. The van der Waals surface area contributed by atoms with Gasteiger partial charge in [-0.2, -0.15) is 5.10 Å². The summed E-state index contributed by atoms with van der Waals surface area (Å²) in [4.78, 5) is 51.0. The molecule has 1 aromatic carbocycles. The quantitative estimate of drug-likeness (QED) is 0.406. The second-order valence-corrected chi connectivity index (χ2v) is 7.27. The number of unbranched alkanes of at least 4 members (excludes halogenated alkanes) is 2. The number of carbonyl (C=O) groups excluding carboxylic acids is 3. The number of amides is 3. The number of carbonyl (C=O) groups is 3. The van der Waals surface area contributed by atoms with Crippen molar-refractivity contribution in [2.45, 2.75) is 32.7 Å². The Morgan fingerprint density at radius 3 is 2.50 bits per heavy atom. The molecule has 0 spiro atoms. The van der Waals surface area contributed by atoms with Gasteiger partial charge in [-0.15, -0.1) is 0 Å². The van der Waals surface area contributed by atoms with Gasteiger partial charge < -0.3 is 9.32 Å². The molecule has 2 aromatic heterocycles. The second kappa shape index (κ2) is 10.4. The van der Waals surface area contributed by atoms with Crippen LogP contribution in [0.2, 0.25) is 0 Å². The molecule has 0 bridgehead atoms. The van der Waals surface area contributed by atoms with Crippen molar-refractivity contribution in [1.29, 1.82) is 0 Å². The Morgan fingerprint density at radius 1 is 1.06 bits per heavy atom. The number of aromatic nitrogens is 2. The van der Waals surface area contributed by atoms with Gasteiger partial charge in [0.05, 0.1) is 11.6 Å². The minimum Gasteiger partial charge on any atom is -0.459 e. The average molecular weight is 439 g/mol. The summed E-state index contributed by atoms with van der Waals surface area (Å²) >= 11 is 0. The van der Waals surface area contributed by atoms with E-state index in [2.05, 4.69) is 22.9 Å². The maximum absolute atomic E-state index is 12.8. The standard InChI is InChI=1S/C22H25N5O5/c1-3-4-7-12-27-21(30)16-10-6-5-9-15(16)19(25-27)20(29)24-23-18(28)14-26(2)22(31)17-11-8-13-32-17/h5-6,8-11,13H,3-4,7,12,14H2,1-2H3,(H,23,28)(H,24,29). The van der Waals surface area contributed by atoms with E-state index in [1.54, 1.807) is 30.3 Å². The summed E-state index contributed by atoms with van der Waals surface area (Å²) in [6, 6.07) is 9.75. The first-order valence-corrected chi connectivity index (χ1v) is 10.3. The fourth-order valence-electron chi connectivity index (χ4n) is 3.17. The van der Waals surface area contributed by atoms with Gasteiger partial charge in [0.1, 0.15) is 6.54 Å². The fourth-order valence-corrected chi connectivity index (χ4v) is 3.17. The van der Waals surface area contributed by atoms with E-state index in [0.717, 1.165) is 24.2 Å². The van der Waals surface area contributed by atoms with Crippen molar-refractivity contribution in [3.05, 3.63) is 64.5 Å². The van der Waals surface area contributed by atoms with E-state index in [-0.39, 0.29) is 23.6 Å². The molecule has 32 heavy (non-hydrogen) atoms. The highest BCUT2D eigenvalue weighted by Gasteiger charge is 2.19. The molecule has 10 nitrogen and oxygen atoms in total. The number of rotatable bonds is 8. The molecule has 0 radical (unpaired) electrons. The zero-order valence-electron chi connectivity index (χ0n) is 18.0. The number of nitrogens with zero attached hydrogens (tertiary/aromatic N) is 3. The van der Waals surface area contributed by atoms with E-state index in [0.29, 0.717) is 17.3 Å². The molecule has 0 saturated heterocycles. The maximum Gasteiger partial charge on any atom is 0.290 e. The van der Waals surface area contributed by atoms with Gasteiger partial charge in [0, 0.05) is 19.0 Å². The lowest BCUT2D eigenvalue weighted by molar-refractivity contribution is -0.122. The van der Waals surface area contributed by atoms with Crippen LogP contribution in [0.25, 0.3) is 10.8 Å². The molecular weight excluding hydrogens is 414 g/mol. The number of aryl methyl sites for hydroxylation is 1. The average Bonchev–Trinajstić information content (AvgIpc) is 3.33. The molecule has 3 aromatic rings. The smallest absolute Gasteiger partial charge is 0.290 e. The molecule has 0 aliphatic rings. The van der Waals surface area contributed by atoms with Crippen LogP contribution in [-0.2, 0) is 11.3 Å². The monoisotopic (exact) mass is 439 g/mol. The lowest BCUT2D eigenvalue weighted by Crippen LogP contribution is -2.47. The van der Waals surface area contributed by atoms with Gasteiger partial charge in [0.15, 0.2) is 11.5 Å². The Hall–Kier alpha value is -3.95. The number of fused-ring (bicyclic) bond motifs is 1. The summed E-state index contributed by atoms with van der Waals surface area (Å²) < 4.78 is 6.30. The number of hydrogen-bond acceptors (Lipinski definition) is 6. The van der Waals surface area contributed by atoms with Crippen molar-refractivity contribution >= 4 is 28.5 Å². The summed E-state index contributed by atoms with van der Waals surface area (Å²) in [6.07, 6.45) is 4.04. The highest BCUT2D eigenvalue weighted by Crippen LogP contribution is 2.13. The number of nitrogens with one attached hydrogen (secondary N) is 2. The van der Waals surface area contributed by atoms with Crippen LogP contribution in [0.5, 0.6) is 0 Å². The summed E-state index contributed by atoms with van der Waals surface area (Å²) in [5, 5.41) is 5.00. The van der Waals surface area contributed by atoms with E-state index in [9.17, 15) is 19.2 Å². The number of benzene rings is 1. The molecule has 2 N–H and O–H groups in total. The van der Waals surface area contributed by atoms with Crippen LogP contribution in [0.15, 0.2) is 51.9 Å². The Bertz CT molecular complexity index is 1170. The molecule has 0 atom stereocenters. The van der Waals surface area contributed by atoms with Crippen LogP contribution in [0.4, 0.5) is 0 Å². The van der Waals surface area contributed by atoms with Crippen LogP contribution in [0.3, 0.4) is 0 Å². The number of likely N-dealkylation sites (N-methyl/N-ethyl adjacent to an activating group) is 1. The number of hydrazine groups is 1.